The van der Waals surface area contributed by atoms with E-state index in [2.05, 4.69) is 15.6 Å². The largest absolute Gasteiger partial charge is 0.456 e. The van der Waals surface area contributed by atoms with Gasteiger partial charge in [0.15, 0.2) is 0 Å². The van der Waals surface area contributed by atoms with Crippen LogP contribution in [0.4, 0.5) is 5.82 Å². The van der Waals surface area contributed by atoms with Crippen LogP contribution in [0.25, 0.3) is 0 Å². The first-order valence-corrected chi connectivity index (χ1v) is 9.07. The van der Waals surface area contributed by atoms with Crippen molar-refractivity contribution < 1.29 is 14.3 Å². The topological polar surface area (TPSA) is 80.3 Å². The van der Waals surface area contributed by atoms with Gasteiger partial charge in [-0.05, 0) is 64.3 Å². The lowest BCUT2D eigenvalue weighted by atomic mass is 9.92. The van der Waals surface area contributed by atoms with Gasteiger partial charge in [0.25, 0.3) is 5.91 Å². The first-order chi connectivity index (χ1) is 12.7. The number of benzene rings is 1. The molecule has 0 aliphatic carbocycles. The minimum atomic E-state index is -0.107. The van der Waals surface area contributed by atoms with Gasteiger partial charge in [-0.2, -0.15) is 0 Å². The molecule has 0 saturated heterocycles. The summed E-state index contributed by atoms with van der Waals surface area (Å²) in [6.45, 7) is 11.7. The van der Waals surface area contributed by atoms with Crippen LogP contribution in [0.1, 0.15) is 52.0 Å². The number of carbonyl (C=O) groups excluding carboxylic acids is 2. The smallest absolute Gasteiger partial charge is 0.252 e. The fourth-order valence-corrected chi connectivity index (χ4v) is 3.44. The van der Waals surface area contributed by atoms with E-state index in [1.807, 2.05) is 41.5 Å². The molecule has 1 aliphatic heterocycles. The number of carbonyl (C=O) groups is 2. The van der Waals surface area contributed by atoms with Gasteiger partial charge >= 0.3 is 0 Å². The van der Waals surface area contributed by atoms with Crippen LogP contribution in [-0.2, 0) is 11.2 Å². The normalized spacial score (nSPS) is 12.8. The third-order valence-corrected chi connectivity index (χ3v) is 5.02. The molecule has 6 heteroatoms. The Morgan fingerprint density at radius 1 is 1.15 bits per heavy atom. The van der Waals surface area contributed by atoms with Crippen LogP contribution in [0.15, 0.2) is 12.3 Å². The molecule has 1 aliphatic rings. The maximum Gasteiger partial charge on any atom is 0.252 e. The van der Waals surface area contributed by atoms with E-state index in [1.54, 1.807) is 12.3 Å². The minimum Gasteiger partial charge on any atom is -0.456 e. The summed E-state index contributed by atoms with van der Waals surface area (Å²) in [7, 11) is 0. The van der Waals surface area contributed by atoms with Crippen LogP contribution >= 0.6 is 0 Å². The predicted molar refractivity (Wildman–Crippen MR) is 105 cm³/mol. The lowest BCUT2D eigenvalue weighted by Crippen LogP contribution is -2.31. The zero-order valence-electron chi connectivity index (χ0n) is 16.6. The highest BCUT2D eigenvalue weighted by Crippen LogP contribution is 2.39. The van der Waals surface area contributed by atoms with Crippen LogP contribution in [0.5, 0.6) is 11.5 Å². The number of hydrogen-bond donors (Lipinski definition) is 2. The van der Waals surface area contributed by atoms with Crippen LogP contribution in [0.2, 0.25) is 0 Å². The van der Waals surface area contributed by atoms with Crippen molar-refractivity contribution in [2.75, 3.05) is 5.32 Å². The van der Waals surface area contributed by atoms with Gasteiger partial charge in [0.2, 0.25) is 5.91 Å². The number of hydrogen-bond acceptors (Lipinski definition) is 4. The molecule has 0 radical (unpaired) electrons. The summed E-state index contributed by atoms with van der Waals surface area (Å²) < 4.78 is 6.25. The van der Waals surface area contributed by atoms with Crippen molar-refractivity contribution in [2.45, 2.75) is 54.0 Å². The number of aromatic nitrogens is 1. The molecule has 0 atom stereocenters. The molecule has 0 spiro atoms. The standard InChI is InChI=1S/C21H25N3O3/c1-10(2)23-21(26)18-12(4)11(3)13(5)19(14(18)6)27-16-7-8-22-20-15(16)9-17(25)24-20/h7-8,10H,9H2,1-6H3,(H,23,26)(H,22,24,25). The molecule has 0 bridgehead atoms. The Labute approximate surface area is 159 Å². The maximum absolute atomic E-state index is 12.8. The molecule has 27 heavy (non-hydrogen) atoms. The summed E-state index contributed by atoms with van der Waals surface area (Å²) in [5.41, 5.74) is 5.12. The van der Waals surface area contributed by atoms with E-state index in [0.29, 0.717) is 22.9 Å². The van der Waals surface area contributed by atoms with Crippen LogP contribution in [-0.4, -0.2) is 22.8 Å². The molecule has 6 nitrogen and oxygen atoms in total. The molecule has 142 valence electrons. The van der Waals surface area contributed by atoms with E-state index in [0.717, 1.165) is 27.8 Å². The lowest BCUT2D eigenvalue weighted by molar-refractivity contribution is -0.115. The molecule has 2 amide bonds. The lowest BCUT2D eigenvalue weighted by Gasteiger charge is -2.21. The van der Waals surface area contributed by atoms with Gasteiger partial charge in [-0.25, -0.2) is 4.98 Å². The Kier molecular flexibility index (Phi) is 4.91. The second-order valence-electron chi connectivity index (χ2n) is 7.30. The van der Waals surface area contributed by atoms with E-state index in [-0.39, 0.29) is 24.3 Å². The molecule has 1 aromatic heterocycles. The van der Waals surface area contributed by atoms with Gasteiger partial charge in [-0.15, -0.1) is 0 Å². The molecule has 0 saturated carbocycles. The summed E-state index contributed by atoms with van der Waals surface area (Å²) >= 11 is 0. The number of fused-ring (bicyclic) bond motifs is 1. The summed E-state index contributed by atoms with van der Waals surface area (Å²) in [5.74, 6) is 1.57. The van der Waals surface area contributed by atoms with Crippen LogP contribution in [0, 0.1) is 27.7 Å². The molecular formula is C21H25N3O3. The summed E-state index contributed by atoms with van der Waals surface area (Å²) in [6, 6.07) is 1.80. The predicted octanol–water partition coefficient (Wildman–Crippen LogP) is 3.74. The molecule has 2 aromatic rings. The number of nitrogens with one attached hydrogen (secondary N) is 2. The number of amides is 2. The molecule has 2 heterocycles. The quantitative estimate of drug-likeness (QED) is 0.863. The van der Waals surface area contributed by atoms with E-state index in [1.165, 1.54) is 0 Å². The fraction of sp³-hybridized carbons (Fsp3) is 0.381. The van der Waals surface area contributed by atoms with Crippen LogP contribution in [0.3, 0.4) is 0 Å². The van der Waals surface area contributed by atoms with Gasteiger partial charge in [-0.1, -0.05) is 0 Å². The zero-order chi connectivity index (χ0) is 19.9. The Balaban J connectivity index is 2.10. The Hall–Kier alpha value is -2.89. The van der Waals surface area contributed by atoms with Crippen molar-refractivity contribution >= 4 is 17.6 Å². The highest BCUT2D eigenvalue weighted by atomic mass is 16.5. The molecule has 0 fully saturated rings. The van der Waals surface area contributed by atoms with Crippen molar-refractivity contribution in [3.63, 3.8) is 0 Å². The molecule has 2 N–H and O–H groups in total. The monoisotopic (exact) mass is 367 g/mol. The maximum atomic E-state index is 12.8. The summed E-state index contributed by atoms with van der Waals surface area (Å²) in [5, 5.41) is 5.70. The van der Waals surface area contributed by atoms with Gasteiger partial charge < -0.3 is 15.4 Å². The van der Waals surface area contributed by atoms with Gasteiger partial charge in [0, 0.05) is 28.9 Å². The van der Waals surface area contributed by atoms with Crippen molar-refractivity contribution in [2.24, 2.45) is 0 Å². The second kappa shape index (κ2) is 7.02. The van der Waals surface area contributed by atoms with E-state index in [9.17, 15) is 9.59 Å². The SMILES string of the molecule is Cc1c(C)c(Oc2ccnc3c2CC(=O)N3)c(C)c(C(=O)NC(C)C)c1C. The Morgan fingerprint density at radius 3 is 2.52 bits per heavy atom. The Bertz CT molecular complexity index is 948. The van der Waals surface area contributed by atoms with E-state index in [4.69, 9.17) is 4.74 Å². The van der Waals surface area contributed by atoms with E-state index < -0.39 is 0 Å². The first-order valence-electron chi connectivity index (χ1n) is 9.07. The van der Waals surface area contributed by atoms with Crippen molar-refractivity contribution in [3.05, 3.63) is 45.6 Å². The molecule has 0 unspecified atom stereocenters. The average molecular weight is 367 g/mol. The molecule has 3 rings (SSSR count). The summed E-state index contributed by atoms with van der Waals surface area (Å²) in [4.78, 5) is 28.7. The number of nitrogens with zero attached hydrogens (tertiary/aromatic N) is 1. The second-order valence-corrected chi connectivity index (χ2v) is 7.30. The number of pyridine rings is 1. The van der Waals surface area contributed by atoms with Crippen molar-refractivity contribution in [1.82, 2.24) is 10.3 Å². The third kappa shape index (κ3) is 3.39. The highest BCUT2D eigenvalue weighted by Gasteiger charge is 2.26. The van der Waals surface area contributed by atoms with Crippen LogP contribution < -0.4 is 15.4 Å². The summed E-state index contributed by atoms with van der Waals surface area (Å²) in [6.07, 6.45) is 1.85. The first kappa shape index (κ1) is 18.9. The van der Waals surface area contributed by atoms with Crippen molar-refractivity contribution in [1.29, 1.82) is 0 Å². The van der Waals surface area contributed by atoms with E-state index >= 15 is 0 Å². The number of anilines is 1. The van der Waals surface area contributed by atoms with Crippen molar-refractivity contribution in [3.8, 4) is 11.5 Å². The Morgan fingerprint density at radius 2 is 1.85 bits per heavy atom. The third-order valence-electron chi connectivity index (χ3n) is 5.02. The number of rotatable bonds is 4. The molecule has 1 aromatic carbocycles. The zero-order valence-corrected chi connectivity index (χ0v) is 16.6. The minimum absolute atomic E-state index is 0.0443. The fourth-order valence-electron chi connectivity index (χ4n) is 3.44. The molecular weight excluding hydrogens is 342 g/mol. The highest BCUT2D eigenvalue weighted by molar-refractivity contribution is 5.99. The van der Waals surface area contributed by atoms with Gasteiger partial charge in [0.05, 0.1) is 6.42 Å². The number of ether oxygens (including phenoxy) is 1. The van der Waals surface area contributed by atoms with Gasteiger partial charge in [-0.3, -0.25) is 9.59 Å². The average Bonchev–Trinajstić information content (AvgIpc) is 2.97. The van der Waals surface area contributed by atoms with Gasteiger partial charge in [0.1, 0.15) is 17.3 Å².